The van der Waals surface area contributed by atoms with Crippen molar-refractivity contribution < 1.29 is 19.4 Å². The minimum absolute atomic E-state index is 0.132. The molecule has 3 aromatic rings. The predicted molar refractivity (Wildman–Crippen MR) is 135 cm³/mol. The molecule has 3 rings (SSSR count). The molecule has 0 saturated carbocycles. The second kappa shape index (κ2) is 12.5. The van der Waals surface area contributed by atoms with Gasteiger partial charge in [-0.15, -0.1) is 0 Å². The van der Waals surface area contributed by atoms with E-state index >= 15 is 0 Å². The van der Waals surface area contributed by atoms with E-state index in [4.69, 9.17) is 4.74 Å². The summed E-state index contributed by atoms with van der Waals surface area (Å²) in [6.07, 6.45) is -0.738. The number of nitrogens with zero attached hydrogens (tertiary/aromatic N) is 1. The van der Waals surface area contributed by atoms with Gasteiger partial charge in [0.05, 0.1) is 6.54 Å². The third-order valence-corrected chi connectivity index (χ3v) is 5.18. The van der Waals surface area contributed by atoms with Crippen molar-refractivity contribution in [3.8, 4) is 16.9 Å². The van der Waals surface area contributed by atoms with Crippen LogP contribution in [0.25, 0.3) is 11.1 Å². The van der Waals surface area contributed by atoms with Crippen molar-refractivity contribution in [3.63, 3.8) is 0 Å². The summed E-state index contributed by atoms with van der Waals surface area (Å²) in [7, 11) is 0. The van der Waals surface area contributed by atoms with Gasteiger partial charge in [0.2, 0.25) is 11.8 Å². The lowest BCUT2D eigenvalue weighted by Gasteiger charge is -2.23. The smallest absolute Gasteiger partial charge is 0.238 e. The molecule has 0 fully saturated rings. The van der Waals surface area contributed by atoms with Crippen molar-refractivity contribution in [2.45, 2.75) is 20.0 Å². The Morgan fingerprint density at radius 3 is 2.06 bits per heavy atom. The summed E-state index contributed by atoms with van der Waals surface area (Å²) in [5.74, 6) is 0.350. The standard InChI is InChI=1S/C27H31N3O4/c1-3-30(18-27(33)29-24-13-11-23(12-14-24)28-20(2)31)17-25(32)19-34-26-15-9-22(10-16-26)21-7-5-4-6-8-21/h4-16,25,32H,3,17-19H2,1-2H3,(H,28,31)(H,29,33)/t25-/m1/s1. The highest BCUT2D eigenvalue weighted by Crippen LogP contribution is 2.22. The fraction of sp³-hybridized carbons (Fsp3) is 0.259. The number of anilines is 2. The third kappa shape index (κ3) is 8.03. The fourth-order valence-corrected chi connectivity index (χ4v) is 3.47. The first-order valence-corrected chi connectivity index (χ1v) is 11.3. The van der Waals surface area contributed by atoms with Gasteiger partial charge >= 0.3 is 0 Å². The minimum Gasteiger partial charge on any atom is -0.491 e. The molecule has 0 bridgehead atoms. The molecule has 7 nitrogen and oxygen atoms in total. The Morgan fingerprint density at radius 2 is 1.47 bits per heavy atom. The lowest BCUT2D eigenvalue weighted by molar-refractivity contribution is -0.117. The molecule has 3 aromatic carbocycles. The van der Waals surface area contributed by atoms with E-state index in [-0.39, 0.29) is 25.0 Å². The summed E-state index contributed by atoms with van der Waals surface area (Å²) >= 11 is 0. The number of nitrogens with one attached hydrogen (secondary N) is 2. The molecule has 0 saturated heterocycles. The number of aliphatic hydroxyl groups is 1. The van der Waals surface area contributed by atoms with Gasteiger partial charge < -0.3 is 20.5 Å². The Bertz CT molecular complexity index is 1050. The summed E-state index contributed by atoms with van der Waals surface area (Å²) in [6, 6.07) is 24.7. The van der Waals surface area contributed by atoms with Gasteiger partial charge in [-0.2, -0.15) is 0 Å². The van der Waals surface area contributed by atoms with Gasteiger partial charge in [-0.1, -0.05) is 49.4 Å². The number of amides is 2. The van der Waals surface area contributed by atoms with Gasteiger partial charge in [0.25, 0.3) is 0 Å². The molecule has 0 spiro atoms. The van der Waals surface area contributed by atoms with Crippen molar-refractivity contribution in [1.82, 2.24) is 4.90 Å². The number of aliphatic hydroxyl groups excluding tert-OH is 1. The molecule has 0 aliphatic rings. The second-order valence-electron chi connectivity index (χ2n) is 7.99. The fourth-order valence-electron chi connectivity index (χ4n) is 3.47. The van der Waals surface area contributed by atoms with Gasteiger partial charge in [-0.25, -0.2) is 0 Å². The van der Waals surface area contributed by atoms with Crippen molar-refractivity contribution in [2.24, 2.45) is 0 Å². The minimum atomic E-state index is -0.738. The SMILES string of the molecule is CCN(CC(=O)Nc1ccc(NC(C)=O)cc1)C[C@@H](O)COc1ccc(-c2ccccc2)cc1. The van der Waals surface area contributed by atoms with Crippen LogP contribution in [0.1, 0.15) is 13.8 Å². The van der Waals surface area contributed by atoms with E-state index in [1.807, 2.05) is 54.3 Å². The Balaban J connectivity index is 1.43. The lowest BCUT2D eigenvalue weighted by atomic mass is 10.1. The normalized spacial score (nSPS) is 11.6. The van der Waals surface area contributed by atoms with Crippen LogP contribution in [0.2, 0.25) is 0 Å². The summed E-state index contributed by atoms with van der Waals surface area (Å²) in [5, 5.41) is 15.9. The van der Waals surface area contributed by atoms with Gasteiger partial charge in [0, 0.05) is 24.8 Å². The zero-order valence-corrected chi connectivity index (χ0v) is 19.5. The van der Waals surface area contributed by atoms with Crippen LogP contribution in [-0.4, -0.2) is 54.2 Å². The first kappa shape index (κ1) is 25.0. The van der Waals surface area contributed by atoms with Crippen molar-refractivity contribution in [1.29, 1.82) is 0 Å². The van der Waals surface area contributed by atoms with Crippen molar-refractivity contribution >= 4 is 23.2 Å². The molecular weight excluding hydrogens is 430 g/mol. The maximum absolute atomic E-state index is 12.4. The number of carbonyl (C=O) groups excluding carboxylic acids is 2. The van der Waals surface area contributed by atoms with Crippen LogP contribution in [0.5, 0.6) is 5.75 Å². The van der Waals surface area contributed by atoms with E-state index in [0.29, 0.717) is 30.2 Å². The highest BCUT2D eigenvalue weighted by Gasteiger charge is 2.15. The van der Waals surface area contributed by atoms with E-state index in [1.165, 1.54) is 6.92 Å². The van der Waals surface area contributed by atoms with Gasteiger partial charge in [-0.3, -0.25) is 14.5 Å². The summed E-state index contributed by atoms with van der Waals surface area (Å²) in [4.78, 5) is 25.4. The number of ether oxygens (including phenoxy) is 1. The quantitative estimate of drug-likeness (QED) is 0.401. The molecule has 0 unspecified atom stereocenters. The summed E-state index contributed by atoms with van der Waals surface area (Å²) in [5.41, 5.74) is 3.53. The zero-order valence-electron chi connectivity index (χ0n) is 19.5. The van der Waals surface area contributed by atoms with Gasteiger partial charge in [0.1, 0.15) is 18.5 Å². The molecule has 0 heterocycles. The Labute approximate surface area is 200 Å². The summed E-state index contributed by atoms with van der Waals surface area (Å²) < 4.78 is 5.74. The Hall–Kier alpha value is -3.68. The highest BCUT2D eigenvalue weighted by atomic mass is 16.5. The maximum Gasteiger partial charge on any atom is 0.238 e. The Kier molecular flexibility index (Phi) is 9.20. The number of likely N-dealkylation sites (N-methyl/N-ethyl adjacent to an activating group) is 1. The van der Waals surface area contributed by atoms with Crippen LogP contribution in [0, 0.1) is 0 Å². The maximum atomic E-state index is 12.4. The molecule has 3 N–H and O–H groups in total. The van der Waals surface area contributed by atoms with Crippen LogP contribution < -0.4 is 15.4 Å². The molecule has 1 atom stereocenters. The van der Waals surface area contributed by atoms with E-state index in [1.54, 1.807) is 24.3 Å². The molecule has 34 heavy (non-hydrogen) atoms. The van der Waals surface area contributed by atoms with Crippen molar-refractivity contribution in [3.05, 3.63) is 78.9 Å². The molecule has 2 amide bonds. The molecular formula is C27H31N3O4. The van der Waals surface area contributed by atoms with E-state index in [0.717, 1.165) is 11.1 Å². The van der Waals surface area contributed by atoms with Gasteiger partial charge in [-0.05, 0) is 54.1 Å². The molecule has 0 aliphatic heterocycles. The van der Waals surface area contributed by atoms with E-state index < -0.39 is 6.10 Å². The molecule has 178 valence electrons. The third-order valence-electron chi connectivity index (χ3n) is 5.18. The average Bonchev–Trinajstić information content (AvgIpc) is 2.84. The summed E-state index contributed by atoms with van der Waals surface area (Å²) in [6.45, 7) is 4.58. The number of benzene rings is 3. The highest BCUT2D eigenvalue weighted by molar-refractivity contribution is 5.93. The number of hydrogen-bond acceptors (Lipinski definition) is 5. The lowest BCUT2D eigenvalue weighted by Crippen LogP contribution is -2.40. The predicted octanol–water partition coefficient (Wildman–Crippen LogP) is 4.01. The van der Waals surface area contributed by atoms with E-state index in [2.05, 4.69) is 22.8 Å². The first-order chi connectivity index (χ1) is 16.4. The topological polar surface area (TPSA) is 90.9 Å². The van der Waals surface area contributed by atoms with E-state index in [9.17, 15) is 14.7 Å². The van der Waals surface area contributed by atoms with Crippen LogP contribution in [0.3, 0.4) is 0 Å². The second-order valence-corrected chi connectivity index (χ2v) is 7.99. The molecule has 0 aromatic heterocycles. The molecule has 0 radical (unpaired) electrons. The van der Waals surface area contributed by atoms with Crippen molar-refractivity contribution in [2.75, 3.05) is 36.9 Å². The monoisotopic (exact) mass is 461 g/mol. The van der Waals surface area contributed by atoms with Crippen LogP contribution in [0.4, 0.5) is 11.4 Å². The number of rotatable bonds is 11. The van der Waals surface area contributed by atoms with Crippen LogP contribution >= 0.6 is 0 Å². The number of carbonyl (C=O) groups is 2. The van der Waals surface area contributed by atoms with Crippen LogP contribution in [0.15, 0.2) is 78.9 Å². The average molecular weight is 462 g/mol. The first-order valence-electron chi connectivity index (χ1n) is 11.3. The number of hydrogen-bond donors (Lipinski definition) is 3. The largest absolute Gasteiger partial charge is 0.491 e. The molecule has 7 heteroatoms. The zero-order chi connectivity index (χ0) is 24.3. The van der Waals surface area contributed by atoms with Crippen LogP contribution in [-0.2, 0) is 9.59 Å². The molecule has 0 aliphatic carbocycles. The van der Waals surface area contributed by atoms with Gasteiger partial charge in [0.15, 0.2) is 0 Å². The Morgan fingerprint density at radius 1 is 0.882 bits per heavy atom.